The summed E-state index contributed by atoms with van der Waals surface area (Å²) in [5, 5.41) is 5.62. The van der Waals surface area contributed by atoms with Crippen LogP contribution in [0.25, 0.3) is 11.4 Å². The van der Waals surface area contributed by atoms with Crippen molar-refractivity contribution in [2.24, 2.45) is 5.41 Å². The number of carbonyl (C=O) groups excluding carboxylic acids is 1. The first-order chi connectivity index (χ1) is 12.7. The Kier molecular flexibility index (Phi) is 5.62. The molecule has 7 nitrogen and oxygen atoms in total. The lowest BCUT2D eigenvalue weighted by molar-refractivity contribution is -0.195. The number of hydroxylamine groups is 2. The van der Waals surface area contributed by atoms with Gasteiger partial charge in [0.05, 0.1) is 22.7 Å². The Labute approximate surface area is 164 Å². The Balaban J connectivity index is 1.61. The number of halogens is 1. The highest BCUT2D eigenvalue weighted by Gasteiger charge is 2.30. The van der Waals surface area contributed by atoms with Crippen molar-refractivity contribution in [1.29, 1.82) is 0 Å². The molecule has 3 rings (SSSR count). The van der Waals surface area contributed by atoms with Gasteiger partial charge in [0.25, 0.3) is 0 Å². The van der Waals surface area contributed by atoms with Crippen LogP contribution in [0.4, 0.5) is 5.82 Å². The van der Waals surface area contributed by atoms with Crippen molar-refractivity contribution in [3.8, 4) is 11.4 Å². The van der Waals surface area contributed by atoms with Crippen LogP contribution in [0.1, 0.15) is 32.9 Å². The maximum absolute atomic E-state index is 12.0. The van der Waals surface area contributed by atoms with Gasteiger partial charge in [-0.25, -0.2) is 19.7 Å². The van der Waals surface area contributed by atoms with Crippen LogP contribution in [0, 0.1) is 12.3 Å². The van der Waals surface area contributed by atoms with E-state index in [1.165, 1.54) is 0 Å². The minimum Gasteiger partial charge on any atom is -0.367 e. The highest BCUT2D eigenvalue weighted by Crippen LogP contribution is 2.23. The number of aromatic nitrogens is 3. The molecule has 2 aromatic heterocycles. The predicted molar refractivity (Wildman–Crippen MR) is 104 cm³/mol. The topological polar surface area (TPSA) is 80.2 Å². The Bertz CT molecular complexity index is 820. The zero-order chi connectivity index (χ0) is 19.6. The molecule has 0 saturated carbocycles. The van der Waals surface area contributed by atoms with Crippen molar-refractivity contribution >= 4 is 23.4 Å². The van der Waals surface area contributed by atoms with Gasteiger partial charge in [-0.3, -0.25) is 0 Å². The van der Waals surface area contributed by atoms with E-state index >= 15 is 0 Å². The molecule has 8 heteroatoms. The summed E-state index contributed by atoms with van der Waals surface area (Å²) in [6.07, 6.45) is 4.02. The Morgan fingerprint density at radius 2 is 2.00 bits per heavy atom. The number of rotatable bonds is 4. The van der Waals surface area contributed by atoms with Crippen LogP contribution in [-0.4, -0.2) is 45.1 Å². The number of nitrogens with zero attached hydrogens (tertiary/aromatic N) is 4. The second-order valence-corrected chi connectivity index (χ2v) is 8.14. The second-order valence-electron chi connectivity index (χ2n) is 7.70. The molecule has 27 heavy (non-hydrogen) atoms. The molecule has 0 radical (unpaired) electrons. The normalized spacial score (nSPS) is 17.7. The van der Waals surface area contributed by atoms with Crippen molar-refractivity contribution in [2.75, 3.05) is 18.4 Å². The number of anilines is 1. The molecule has 1 fully saturated rings. The summed E-state index contributed by atoms with van der Waals surface area (Å²) in [6.45, 7) is 8.80. The van der Waals surface area contributed by atoms with Crippen LogP contribution in [0.3, 0.4) is 0 Å². The van der Waals surface area contributed by atoms with Crippen molar-refractivity contribution in [3.05, 3.63) is 35.2 Å². The number of hydrogen-bond acceptors (Lipinski definition) is 7. The molecule has 144 valence electrons. The molecule has 1 aliphatic heterocycles. The van der Waals surface area contributed by atoms with E-state index in [4.69, 9.17) is 16.4 Å². The first-order valence-electron chi connectivity index (χ1n) is 8.92. The zero-order valence-corrected chi connectivity index (χ0v) is 16.7. The van der Waals surface area contributed by atoms with Crippen molar-refractivity contribution in [2.45, 2.75) is 40.2 Å². The highest BCUT2D eigenvalue weighted by atomic mass is 35.5. The van der Waals surface area contributed by atoms with Gasteiger partial charge in [0, 0.05) is 30.5 Å². The molecule has 1 saturated heterocycles. The lowest BCUT2D eigenvalue weighted by Crippen LogP contribution is -2.33. The van der Waals surface area contributed by atoms with Crippen molar-refractivity contribution in [3.63, 3.8) is 0 Å². The number of pyridine rings is 1. The lowest BCUT2D eigenvalue weighted by atomic mass is 9.98. The number of nitrogens with one attached hydrogen (secondary N) is 1. The minimum atomic E-state index is -0.510. The zero-order valence-electron chi connectivity index (χ0n) is 16.0. The summed E-state index contributed by atoms with van der Waals surface area (Å²) in [7, 11) is 0. The third-order valence-electron chi connectivity index (χ3n) is 4.27. The molecular formula is C19H24ClN5O2. The lowest BCUT2D eigenvalue weighted by Gasteiger charge is -2.22. The molecular weight excluding hydrogens is 366 g/mol. The van der Waals surface area contributed by atoms with Gasteiger partial charge in [-0.1, -0.05) is 11.6 Å². The fraction of sp³-hybridized carbons (Fsp3) is 0.474. The summed E-state index contributed by atoms with van der Waals surface area (Å²) in [5.74, 6) is 1.15. The van der Waals surface area contributed by atoms with Crippen LogP contribution >= 0.6 is 11.6 Å². The monoisotopic (exact) mass is 389 g/mol. The largest absolute Gasteiger partial charge is 0.367 e. The Hall–Kier alpha value is -2.25. The molecule has 0 bridgehead atoms. The smallest absolute Gasteiger partial charge is 0.330 e. The fourth-order valence-electron chi connectivity index (χ4n) is 2.72. The van der Waals surface area contributed by atoms with Gasteiger partial charge < -0.3 is 10.2 Å². The van der Waals surface area contributed by atoms with E-state index in [9.17, 15) is 4.79 Å². The first-order valence-corrected chi connectivity index (χ1v) is 9.29. The van der Waals surface area contributed by atoms with Gasteiger partial charge in [-0.2, -0.15) is 0 Å². The summed E-state index contributed by atoms with van der Waals surface area (Å²) in [4.78, 5) is 30.6. The fourth-order valence-corrected chi connectivity index (χ4v) is 2.82. The standard InChI is InChI=1S/C19H24ClN5O2/c1-12-15(17-21-9-13(20)10-22-17)5-6-16(23-12)24-14-7-8-25(11-14)27-18(26)19(2,3)4/h5-6,9-10,14H,7-8,11H2,1-4H3,(H,23,24)/t14-/m0/s1. The third kappa shape index (κ3) is 4.93. The molecule has 1 N–H and O–H groups in total. The van der Waals surface area contributed by atoms with Crippen LogP contribution in [0.2, 0.25) is 5.02 Å². The van der Waals surface area contributed by atoms with Crippen LogP contribution < -0.4 is 5.32 Å². The van der Waals surface area contributed by atoms with Crippen LogP contribution in [0.15, 0.2) is 24.5 Å². The van der Waals surface area contributed by atoms with Crippen molar-refractivity contribution < 1.29 is 9.63 Å². The van der Waals surface area contributed by atoms with E-state index < -0.39 is 5.41 Å². The Morgan fingerprint density at radius 3 is 2.63 bits per heavy atom. The predicted octanol–water partition coefficient (Wildman–Crippen LogP) is 3.49. The maximum atomic E-state index is 12.0. The second kappa shape index (κ2) is 7.78. The minimum absolute atomic E-state index is 0.169. The summed E-state index contributed by atoms with van der Waals surface area (Å²) in [5.41, 5.74) is 1.18. The van der Waals surface area contributed by atoms with E-state index in [-0.39, 0.29) is 12.0 Å². The average molecular weight is 390 g/mol. The van der Waals surface area contributed by atoms with Crippen LogP contribution in [0.5, 0.6) is 0 Å². The number of aryl methyl sites for hydroxylation is 1. The summed E-state index contributed by atoms with van der Waals surface area (Å²) in [6, 6.07) is 4.02. The van der Waals surface area contributed by atoms with E-state index in [0.717, 1.165) is 23.5 Å². The molecule has 1 atom stereocenters. The summed E-state index contributed by atoms with van der Waals surface area (Å²) < 4.78 is 0. The Morgan fingerprint density at radius 1 is 1.30 bits per heavy atom. The van der Waals surface area contributed by atoms with Gasteiger partial charge in [-0.15, -0.1) is 5.06 Å². The molecule has 2 aromatic rings. The van der Waals surface area contributed by atoms with E-state index in [1.807, 2.05) is 39.8 Å². The number of hydrogen-bond donors (Lipinski definition) is 1. The molecule has 3 heterocycles. The highest BCUT2D eigenvalue weighted by molar-refractivity contribution is 6.30. The quantitative estimate of drug-likeness (QED) is 0.857. The molecule has 1 aliphatic rings. The molecule has 0 aromatic carbocycles. The average Bonchev–Trinajstić information content (AvgIpc) is 3.02. The molecule has 0 unspecified atom stereocenters. The molecule has 0 spiro atoms. The molecule has 0 aliphatic carbocycles. The van der Waals surface area contributed by atoms with E-state index in [1.54, 1.807) is 17.5 Å². The van der Waals surface area contributed by atoms with Gasteiger partial charge >= 0.3 is 5.97 Å². The van der Waals surface area contributed by atoms with Crippen LogP contribution in [-0.2, 0) is 9.63 Å². The maximum Gasteiger partial charge on any atom is 0.330 e. The van der Waals surface area contributed by atoms with E-state index in [0.29, 0.717) is 23.9 Å². The van der Waals surface area contributed by atoms with Crippen molar-refractivity contribution in [1.82, 2.24) is 20.0 Å². The van der Waals surface area contributed by atoms with Gasteiger partial charge in [0.2, 0.25) is 0 Å². The summed E-state index contributed by atoms with van der Waals surface area (Å²) >= 11 is 5.84. The SMILES string of the molecule is Cc1nc(N[C@H]2CCN(OC(=O)C(C)(C)C)C2)ccc1-c1ncc(Cl)cn1. The van der Waals surface area contributed by atoms with Gasteiger partial charge in [0.1, 0.15) is 5.82 Å². The molecule has 0 amide bonds. The van der Waals surface area contributed by atoms with Gasteiger partial charge in [-0.05, 0) is 46.2 Å². The van der Waals surface area contributed by atoms with Gasteiger partial charge in [0.15, 0.2) is 5.82 Å². The number of carbonyl (C=O) groups is 1. The van der Waals surface area contributed by atoms with E-state index in [2.05, 4.69) is 20.3 Å². The third-order valence-corrected chi connectivity index (χ3v) is 4.47. The first kappa shape index (κ1) is 19.5.